The fourth-order valence-corrected chi connectivity index (χ4v) is 1.29. The van der Waals surface area contributed by atoms with Gasteiger partial charge in [-0.3, -0.25) is 0 Å². The molecule has 1 nitrogen and oxygen atoms in total. The molecule has 0 aliphatic rings. The summed E-state index contributed by atoms with van der Waals surface area (Å²) >= 11 is 0. The normalized spacial score (nSPS) is 13.2. The van der Waals surface area contributed by atoms with Gasteiger partial charge in [-0.2, -0.15) is 0 Å². The van der Waals surface area contributed by atoms with Gasteiger partial charge >= 0.3 is 0 Å². The van der Waals surface area contributed by atoms with E-state index in [2.05, 4.69) is 45.0 Å². The molecule has 80 valence electrons. The Kier molecular flexibility index (Phi) is 4.63. The molecule has 0 heterocycles. The Morgan fingerprint density at radius 3 is 2.21 bits per heavy atom. The molecular formula is C12H20ClN. The maximum absolute atomic E-state index is 5.83. The Labute approximate surface area is 93.1 Å². The summed E-state index contributed by atoms with van der Waals surface area (Å²) in [4.78, 5) is 0. The van der Waals surface area contributed by atoms with E-state index < -0.39 is 0 Å². The molecule has 14 heavy (non-hydrogen) atoms. The van der Waals surface area contributed by atoms with Crippen LogP contribution in [0.2, 0.25) is 0 Å². The summed E-state index contributed by atoms with van der Waals surface area (Å²) in [6.45, 7) is 8.66. The van der Waals surface area contributed by atoms with Crippen LogP contribution in [-0.2, 0) is 5.41 Å². The number of benzene rings is 1. The summed E-state index contributed by atoms with van der Waals surface area (Å²) in [5, 5.41) is 0. The predicted octanol–water partition coefficient (Wildman–Crippen LogP) is 3.43. The largest absolute Gasteiger partial charge is 0.324 e. The van der Waals surface area contributed by atoms with E-state index >= 15 is 0 Å². The number of hydrogen-bond donors (Lipinski definition) is 1. The van der Waals surface area contributed by atoms with Crippen LogP contribution in [0.3, 0.4) is 0 Å². The van der Waals surface area contributed by atoms with Crippen LogP contribution in [0.15, 0.2) is 24.3 Å². The van der Waals surface area contributed by atoms with Crippen LogP contribution in [0.1, 0.15) is 44.9 Å². The van der Waals surface area contributed by atoms with Gasteiger partial charge in [-0.05, 0) is 23.5 Å². The van der Waals surface area contributed by atoms with Crippen LogP contribution in [0.5, 0.6) is 0 Å². The molecule has 0 aliphatic carbocycles. The van der Waals surface area contributed by atoms with Crippen molar-refractivity contribution in [2.45, 2.75) is 39.2 Å². The number of nitrogens with two attached hydrogens (primary N) is 1. The first-order valence-corrected chi connectivity index (χ1v) is 4.77. The molecule has 0 spiro atoms. The van der Waals surface area contributed by atoms with Crippen molar-refractivity contribution in [1.82, 2.24) is 0 Å². The smallest absolute Gasteiger partial charge is 0.0266 e. The number of rotatable bonds is 1. The van der Waals surface area contributed by atoms with E-state index in [0.717, 1.165) is 0 Å². The summed E-state index contributed by atoms with van der Waals surface area (Å²) in [5.41, 5.74) is 8.60. The van der Waals surface area contributed by atoms with E-state index in [1.165, 1.54) is 11.1 Å². The van der Waals surface area contributed by atoms with E-state index in [0.29, 0.717) is 0 Å². The van der Waals surface area contributed by atoms with Crippen molar-refractivity contribution >= 4 is 12.4 Å². The molecule has 0 saturated carbocycles. The zero-order valence-electron chi connectivity index (χ0n) is 9.37. The SMILES string of the molecule is C[C@H](N)c1cccc(C(C)(C)C)c1.Cl. The molecule has 0 fully saturated rings. The van der Waals surface area contributed by atoms with Crippen LogP contribution < -0.4 is 5.73 Å². The van der Waals surface area contributed by atoms with Crippen molar-refractivity contribution in [2.75, 3.05) is 0 Å². The van der Waals surface area contributed by atoms with Gasteiger partial charge in [0.05, 0.1) is 0 Å². The van der Waals surface area contributed by atoms with Crippen LogP contribution in [0, 0.1) is 0 Å². The highest BCUT2D eigenvalue weighted by Crippen LogP contribution is 2.24. The van der Waals surface area contributed by atoms with Crippen molar-refractivity contribution in [1.29, 1.82) is 0 Å². The topological polar surface area (TPSA) is 26.0 Å². The van der Waals surface area contributed by atoms with Gasteiger partial charge in [0.25, 0.3) is 0 Å². The summed E-state index contributed by atoms with van der Waals surface area (Å²) in [5.74, 6) is 0. The summed E-state index contributed by atoms with van der Waals surface area (Å²) < 4.78 is 0. The zero-order chi connectivity index (χ0) is 10.1. The van der Waals surface area contributed by atoms with Gasteiger partial charge in [0.2, 0.25) is 0 Å². The van der Waals surface area contributed by atoms with Crippen molar-refractivity contribution in [3.8, 4) is 0 Å². The number of hydrogen-bond acceptors (Lipinski definition) is 1. The first-order valence-electron chi connectivity index (χ1n) is 4.77. The van der Waals surface area contributed by atoms with Crippen molar-refractivity contribution < 1.29 is 0 Å². The Balaban J connectivity index is 0.00000169. The van der Waals surface area contributed by atoms with Gasteiger partial charge in [0.15, 0.2) is 0 Å². The molecule has 0 bridgehead atoms. The van der Waals surface area contributed by atoms with Gasteiger partial charge < -0.3 is 5.73 Å². The zero-order valence-corrected chi connectivity index (χ0v) is 10.2. The van der Waals surface area contributed by atoms with Crippen LogP contribution in [0.25, 0.3) is 0 Å². The maximum atomic E-state index is 5.83. The van der Waals surface area contributed by atoms with E-state index in [9.17, 15) is 0 Å². The minimum Gasteiger partial charge on any atom is -0.324 e. The van der Waals surface area contributed by atoms with Gasteiger partial charge in [-0.15, -0.1) is 12.4 Å². The molecule has 1 aromatic rings. The molecule has 0 unspecified atom stereocenters. The van der Waals surface area contributed by atoms with Crippen LogP contribution in [-0.4, -0.2) is 0 Å². The van der Waals surface area contributed by atoms with E-state index in [1.807, 2.05) is 6.92 Å². The molecule has 1 rings (SSSR count). The third-order valence-electron chi connectivity index (χ3n) is 2.28. The van der Waals surface area contributed by atoms with E-state index in [4.69, 9.17) is 5.73 Å². The molecule has 0 saturated heterocycles. The van der Waals surface area contributed by atoms with Crippen LogP contribution in [0.4, 0.5) is 0 Å². The molecule has 0 radical (unpaired) electrons. The third kappa shape index (κ3) is 3.32. The number of halogens is 1. The second kappa shape index (κ2) is 4.81. The van der Waals surface area contributed by atoms with Gasteiger partial charge in [0.1, 0.15) is 0 Å². The van der Waals surface area contributed by atoms with Crippen molar-refractivity contribution in [2.24, 2.45) is 5.73 Å². The average molecular weight is 214 g/mol. The van der Waals surface area contributed by atoms with Crippen molar-refractivity contribution in [3.63, 3.8) is 0 Å². The van der Waals surface area contributed by atoms with E-state index in [1.54, 1.807) is 0 Å². The summed E-state index contributed by atoms with van der Waals surface area (Å²) in [6.07, 6.45) is 0. The highest BCUT2D eigenvalue weighted by atomic mass is 35.5. The van der Waals surface area contributed by atoms with Crippen molar-refractivity contribution in [3.05, 3.63) is 35.4 Å². The lowest BCUT2D eigenvalue weighted by Crippen LogP contribution is -2.13. The average Bonchev–Trinajstić information content (AvgIpc) is 2.03. The summed E-state index contributed by atoms with van der Waals surface area (Å²) in [7, 11) is 0. The standard InChI is InChI=1S/C12H19N.ClH/c1-9(13)10-6-5-7-11(8-10)12(2,3)4;/h5-9H,13H2,1-4H3;1H/t9-;/m0./s1. The van der Waals surface area contributed by atoms with Gasteiger partial charge in [-0.1, -0.05) is 45.0 Å². The molecule has 1 atom stereocenters. The second-order valence-corrected chi connectivity index (χ2v) is 4.66. The Morgan fingerprint density at radius 1 is 1.21 bits per heavy atom. The molecule has 1 aromatic carbocycles. The minimum atomic E-state index is 0. The van der Waals surface area contributed by atoms with E-state index in [-0.39, 0.29) is 23.9 Å². The fraction of sp³-hybridized carbons (Fsp3) is 0.500. The first kappa shape index (κ1) is 13.5. The second-order valence-electron chi connectivity index (χ2n) is 4.66. The summed E-state index contributed by atoms with van der Waals surface area (Å²) in [6, 6.07) is 8.65. The highest BCUT2D eigenvalue weighted by molar-refractivity contribution is 5.85. The lowest BCUT2D eigenvalue weighted by molar-refractivity contribution is 0.588. The highest BCUT2D eigenvalue weighted by Gasteiger charge is 2.13. The molecule has 2 N–H and O–H groups in total. The van der Waals surface area contributed by atoms with Gasteiger partial charge in [-0.25, -0.2) is 0 Å². The Bertz CT molecular complexity index is 287. The quantitative estimate of drug-likeness (QED) is 0.760. The van der Waals surface area contributed by atoms with Gasteiger partial charge in [0, 0.05) is 6.04 Å². The Morgan fingerprint density at radius 2 is 1.79 bits per heavy atom. The minimum absolute atomic E-state index is 0. The molecule has 0 aromatic heterocycles. The fourth-order valence-electron chi connectivity index (χ4n) is 1.29. The monoisotopic (exact) mass is 213 g/mol. The predicted molar refractivity (Wildman–Crippen MR) is 65.0 cm³/mol. The lowest BCUT2D eigenvalue weighted by Gasteiger charge is -2.20. The molecule has 0 amide bonds. The molecule has 0 aliphatic heterocycles. The molecular weight excluding hydrogens is 194 g/mol. The lowest BCUT2D eigenvalue weighted by atomic mass is 9.85. The Hall–Kier alpha value is -0.530. The molecule has 2 heteroatoms. The first-order chi connectivity index (χ1) is 5.91. The third-order valence-corrected chi connectivity index (χ3v) is 2.28. The van der Waals surface area contributed by atoms with Crippen LogP contribution >= 0.6 is 12.4 Å². The maximum Gasteiger partial charge on any atom is 0.0266 e.